The number of rotatable bonds is 5. The Bertz CT molecular complexity index is 1150. The summed E-state index contributed by atoms with van der Waals surface area (Å²) in [6, 6.07) is 9.76. The second-order valence-electron chi connectivity index (χ2n) is 7.94. The average Bonchev–Trinajstić information content (AvgIpc) is 3.56. The summed E-state index contributed by atoms with van der Waals surface area (Å²) in [5, 5.41) is 2.64. The lowest BCUT2D eigenvalue weighted by molar-refractivity contribution is -0.159. The van der Waals surface area contributed by atoms with Gasteiger partial charge in [0.1, 0.15) is 0 Å². The molecule has 0 radical (unpaired) electrons. The van der Waals surface area contributed by atoms with Crippen LogP contribution < -0.4 is 10.2 Å². The maximum atomic E-state index is 13.4. The molecule has 3 heterocycles. The van der Waals surface area contributed by atoms with Gasteiger partial charge in [-0.25, -0.2) is 9.78 Å². The molecule has 2 fully saturated rings. The molecule has 1 aromatic heterocycles. The number of esters is 1. The number of para-hydroxylation sites is 1. The van der Waals surface area contributed by atoms with Gasteiger partial charge in [0.2, 0.25) is 11.6 Å². The third-order valence-corrected chi connectivity index (χ3v) is 6.21. The molecule has 1 saturated heterocycles. The Morgan fingerprint density at radius 2 is 1.97 bits per heavy atom. The van der Waals surface area contributed by atoms with E-state index in [0.717, 1.165) is 12.8 Å². The largest absolute Gasteiger partial charge is 0.452 e. The third-order valence-electron chi connectivity index (χ3n) is 5.91. The quantitative estimate of drug-likeness (QED) is 0.548. The first kappa shape index (κ1) is 20.4. The van der Waals surface area contributed by atoms with E-state index in [9.17, 15) is 19.2 Å². The zero-order valence-electron chi connectivity index (χ0n) is 16.9. The molecule has 0 spiro atoms. The van der Waals surface area contributed by atoms with Gasteiger partial charge < -0.3 is 15.0 Å². The normalized spacial score (nSPS) is 21.8. The molecule has 1 atom stereocenters. The summed E-state index contributed by atoms with van der Waals surface area (Å²) in [5.41, 5.74) is -0.537. The summed E-state index contributed by atoms with van der Waals surface area (Å²) < 4.78 is 5.38. The van der Waals surface area contributed by atoms with Gasteiger partial charge in [-0.3, -0.25) is 19.3 Å². The molecule has 1 saturated carbocycles. The van der Waals surface area contributed by atoms with Gasteiger partial charge in [0.05, 0.1) is 16.9 Å². The Morgan fingerprint density at radius 3 is 2.72 bits per heavy atom. The Labute approximate surface area is 188 Å². The average molecular weight is 455 g/mol. The number of nitrogens with one attached hydrogen (secondary N) is 1. The molecule has 9 nitrogen and oxygen atoms in total. The van der Waals surface area contributed by atoms with Crippen molar-refractivity contribution in [1.29, 1.82) is 0 Å². The van der Waals surface area contributed by atoms with E-state index < -0.39 is 24.1 Å². The summed E-state index contributed by atoms with van der Waals surface area (Å²) >= 11 is 5.94. The minimum absolute atomic E-state index is 0.0947. The predicted molar refractivity (Wildman–Crippen MR) is 114 cm³/mol. The molecule has 1 unspecified atom stereocenters. The van der Waals surface area contributed by atoms with Crippen molar-refractivity contribution in [3.63, 3.8) is 0 Å². The molecule has 0 bridgehead atoms. The van der Waals surface area contributed by atoms with Crippen molar-refractivity contribution < 1.29 is 23.9 Å². The molecule has 32 heavy (non-hydrogen) atoms. The van der Waals surface area contributed by atoms with Crippen LogP contribution in [0.1, 0.15) is 36.0 Å². The number of carbonyl (C=O) groups is 4. The number of amides is 3. The van der Waals surface area contributed by atoms with Crippen molar-refractivity contribution >= 4 is 46.7 Å². The van der Waals surface area contributed by atoms with Gasteiger partial charge in [-0.2, -0.15) is 0 Å². The zero-order valence-corrected chi connectivity index (χ0v) is 17.7. The van der Waals surface area contributed by atoms with E-state index in [1.165, 1.54) is 16.0 Å². The monoisotopic (exact) mass is 454 g/mol. The van der Waals surface area contributed by atoms with E-state index in [0.29, 0.717) is 11.3 Å². The molecule has 2 aromatic rings. The highest BCUT2D eigenvalue weighted by atomic mass is 35.5. The van der Waals surface area contributed by atoms with Gasteiger partial charge in [0, 0.05) is 25.1 Å². The summed E-state index contributed by atoms with van der Waals surface area (Å²) in [4.78, 5) is 58.8. The first-order valence-electron chi connectivity index (χ1n) is 10.3. The number of hydrogen-bond acceptors (Lipinski definition) is 6. The lowest BCUT2D eigenvalue weighted by Crippen LogP contribution is -2.69. The summed E-state index contributed by atoms with van der Waals surface area (Å²) in [6.45, 7) is -0.595. The lowest BCUT2D eigenvalue weighted by Gasteiger charge is -2.48. The molecule has 1 aliphatic carbocycles. The number of nitrogens with zero attached hydrogens (tertiary/aromatic N) is 3. The number of pyridine rings is 1. The van der Waals surface area contributed by atoms with E-state index in [1.807, 2.05) is 0 Å². The van der Waals surface area contributed by atoms with E-state index >= 15 is 0 Å². The van der Waals surface area contributed by atoms with Crippen LogP contribution >= 0.6 is 11.6 Å². The lowest BCUT2D eigenvalue weighted by atomic mass is 9.96. The Kier molecular flexibility index (Phi) is 4.85. The van der Waals surface area contributed by atoms with E-state index in [1.54, 1.807) is 36.4 Å². The van der Waals surface area contributed by atoms with Crippen molar-refractivity contribution in [3.05, 3.63) is 53.3 Å². The second-order valence-corrected chi connectivity index (χ2v) is 8.29. The SMILES string of the molecule is O=C(COC(=O)C12CCC(=O)N1c1ccccc1C(=O)N2C1CC1)Nc1cccnc1Cl. The van der Waals surface area contributed by atoms with Crippen molar-refractivity contribution in [2.24, 2.45) is 0 Å². The Hall–Kier alpha value is -3.46. The topological polar surface area (TPSA) is 109 Å². The van der Waals surface area contributed by atoms with Crippen LogP contribution in [0, 0.1) is 0 Å². The zero-order chi connectivity index (χ0) is 22.5. The standard InChI is InChI=1S/C22H19ClN4O5/c23-19-15(5-3-11-24-19)25-17(28)12-32-21(31)22-10-9-18(29)27(22)16-6-2-1-4-14(16)20(30)26(22)13-7-8-13/h1-6,11,13H,7-10,12H2,(H,25,28). The highest BCUT2D eigenvalue weighted by Crippen LogP contribution is 2.49. The van der Waals surface area contributed by atoms with Crippen LogP contribution in [-0.4, -0.2) is 51.9 Å². The molecular formula is C22H19ClN4O5. The van der Waals surface area contributed by atoms with Gasteiger partial charge in [0.25, 0.3) is 11.8 Å². The number of benzene rings is 1. The molecule has 3 aliphatic rings. The minimum Gasteiger partial charge on any atom is -0.452 e. The number of halogens is 1. The first-order chi connectivity index (χ1) is 15.4. The minimum atomic E-state index is -1.59. The number of aromatic nitrogens is 1. The molecule has 3 amide bonds. The van der Waals surface area contributed by atoms with Gasteiger partial charge in [0.15, 0.2) is 11.8 Å². The van der Waals surface area contributed by atoms with Crippen molar-refractivity contribution in [2.45, 2.75) is 37.4 Å². The van der Waals surface area contributed by atoms with Gasteiger partial charge >= 0.3 is 5.97 Å². The number of ether oxygens (including phenoxy) is 1. The fourth-order valence-electron chi connectivity index (χ4n) is 4.42. The highest BCUT2D eigenvalue weighted by molar-refractivity contribution is 6.32. The number of carbonyl (C=O) groups excluding carboxylic acids is 4. The molecule has 10 heteroatoms. The van der Waals surface area contributed by atoms with Crippen LogP contribution in [0.5, 0.6) is 0 Å². The smallest absolute Gasteiger partial charge is 0.354 e. The summed E-state index contributed by atoms with van der Waals surface area (Å²) in [6.07, 6.45) is 3.16. The van der Waals surface area contributed by atoms with Crippen molar-refractivity contribution in [2.75, 3.05) is 16.8 Å². The first-order valence-corrected chi connectivity index (χ1v) is 10.6. The number of hydrogen-bond donors (Lipinski definition) is 1. The van der Waals surface area contributed by atoms with Crippen molar-refractivity contribution in [3.8, 4) is 0 Å². The summed E-state index contributed by atoms with van der Waals surface area (Å²) in [7, 11) is 0. The molecule has 5 rings (SSSR count). The van der Waals surface area contributed by atoms with E-state index in [4.69, 9.17) is 16.3 Å². The van der Waals surface area contributed by atoms with E-state index in [-0.39, 0.29) is 41.5 Å². The number of fused-ring (bicyclic) bond motifs is 3. The Balaban J connectivity index is 1.43. The van der Waals surface area contributed by atoms with Crippen LogP contribution in [0.2, 0.25) is 5.15 Å². The Morgan fingerprint density at radius 1 is 1.19 bits per heavy atom. The maximum absolute atomic E-state index is 13.4. The molecule has 1 N–H and O–H groups in total. The van der Waals surface area contributed by atoms with Crippen LogP contribution in [-0.2, 0) is 19.1 Å². The molecule has 164 valence electrons. The van der Waals surface area contributed by atoms with Gasteiger partial charge in [-0.1, -0.05) is 23.7 Å². The predicted octanol–water partition coefficient (Wildman–Crippen LogP) is 2.36. The van der Waals surface area contributed by atoms with Crippen LogP contribution in [0.15, 0.2) is 42.6 Å². The molecular weight excluding hydrogens is 436 g/mol. The second kappa shape index (κ2) is 7.59. The third kappa shape index (κ3) is 3.12. The highest BCUT2D eigenvalue weighted by Gasteiger charge is 2.64. The van der Waals surface area contributed by atoms with Crippen LogP contribution in [0.25, 0.3) is 0 Å². The fraction of sp³-hybridized carbons (Fsp3) is 0.318. The molecule has 2 aliphatic heterocycles. The fourth-order valence-corrected chi connectivity index (χ4v) is 4.59. The van der Waals surface area contributed by atoms with Crippen LogP contribution in [0.3, 0.4) is 0 Å². The van der Waals surface area contributed by atoms with Crippen molar-refractivity contribution in [1.82, 2.24) is 9.88 Å². The summed E-state index contributed by atoms with van der Waals surface area (Å²) in [5.74, 6) is -1.98. The molecule has 1 aromatic carbocycles. The van der Waals surface area contributed by atoms with Crippen LogP contribution in [0.4, 0.5) is 11.4 Å². The van der Waals surface area contributed by atoms with Gasteiger partial charge in [-0.15, -0.1) is 0 Å². The maximum Gasteiger partial charge on any atom is 0.354 e. The van der Waals surface area contributed by atoms with E-state index in [2.05, 4.69) is 10.3 Å². The number of anilines is 2. The van der Waals surface area contributed by atoms with Gasteiger partial charge in [-0.05, 0) is 37.1 Å².